The normalized spacial score (nSPS) is 12.2. The van der Waals surface area contributed by atoms with Crippen LogP contribution in [0.15, 0.2) is 30.5 Å². The van der Waals surface area contributed by atoms with E-state index in [1.54, 1.807) is 18.2 Å². The van der Waals surface area contributed by atoms with Gasteiger partial charge in [-0.2, -0.15) is 5.10 Å². The largest absolute Gasteiger partial charge is 0.488 e. The van der Waals surface area contributed by atoms with E-state index in [4.69, 9.17) is 14.8 Å². The Morgan fingerprint density at radius 1 is 1.33 bits per heavy atom. The molecule has 0 saturated carbocycles. The number of nitrogens with zero attached hydrogens (tertiary/aromatic N) is 2. The first-order valence-electron chi connectivity index (χ1n) is 7.14. The summed E-state index contributed by atoms with van der Waals surface area (Å²) in [5.74, 6) is 0.720. The van der Waals surface area contributed by atoms with Gasteiger partial charge in [0.15, 0.2) is 0 Å². The van der Waals surface area contributed by atoms with Crippen molar-refractivity contribution in [1.82, 2.24) is 9.78 Å². The maximum absolute atomic E-state index is 9.13. The van der Waals surface area contributed by atoms with E-state index in [0.29, 0.717) is 18.1 Å². The van der Waals surface area contributed by atoms with E-state index in [9.17, 15) is 0 Å². The third-order valence-electron chi connectivity index (χ3n) is 3.58. The molecule has 2 rings (SSSR count). The smallest absolute Gasteiger partial charge is 0.487 e. The lowest BCUT2D eigenvalue weighted by Crippen LogP contribution is -2.29. The number of aromatic nitrogens is 2. The van der Waals surface area contributed by atoms with Gasteiger partial charge in [0, 0.05) is 12.2 Å². The van der Waals surface area contributed by atoms with Crippen LogP contribution in [0.4, 0.5) is 0 Å². The second-order valence-corrected chi connectivity index (χ2v) is 5.23. The molecule has 1 unspecified atom stereocenters. The topological polar surface area (TPSA) is 67.5 Å². The van der Waals surface area contributed by atoms with E-state index >= 15 is 0 Å². The van der Waals surface area contributed by atoms with Crippen LogP contribution < -0.4 is 10.2 Å². The molecule has 2 N–H and O–H groups in total. The quantitative estimate of drug-likeness (QED) is 0.789. The second-order valence-electron chi connectivity index (χ2n) is 5.23. The summed E-state index contributed by atoms with van der Waals surface area (Å²) in [6, 6.07) is 7.43. The molecule has 1 heterocycles. The van der Waals surface area contributed by atoms with Gasteiger partial charge in [0.05, 0.1) is 5.69 Å². The molecule has 0 aliphatic rings. The molecule has 5 nitrogen and oxygen atoms in total. The third-order valence-corrected chi connectivity index (χ3v) is 3.58. The predicted molar refractivity (Wildman–Crippen MR) is 82.6 cm³/mol. The molecule has 21 heavy (non-hydrogen) atoms. The summed E-state index contributed by atoms with van der Waals surface area (Å²) in [6.07, 6.45) is 3.00. The van der Waals surface area contributed by atoms with Crippen molar-refractivity contribution < 1.29 is 14.8 Å². The van der Waals surface area contributed by atoms with Gasteiger partial charge in [-0.3, -0.25) is 4.68 Å². The number of hydrogen-bond acceptors (Lipinski definition) is 4. The molecule has 112 valence electrons. The molecule has 1 atom stereocenters. The highest BCUT2D eigenvalue weighted by molar-refractivity contribution is 6.58. The molecule has 1 aromatic carbocycles. The van der Waals surface area contributed by atoms with Gasteiger partial charge >= 0.3 is 7.12 Å². The number of benzene rings is 1. The second kappa shape index (κ2) is 6.78. The number of rotatable bonds is 6. The molecule has 0 spiro atoms. The zero-order valence-electron chi connectivity index (χ0n) is 12.7. The van der Waals surface area contributed by atoms with Crippen LogP contribution in [-0.2, 0) is 6.61 Å². The van der Waals surface area contributed by atoms with Gasteiger partial charge in [0.1, 0.15) is 12.4 Å². The molecular formula is C15H21BN2O3. The first-order valence-corrected chi connectivity index (χ1v) is 7.14. The summed E-state index contributed by atoms with van der Waals surface area (Å²) in [5.41, 5.74) is 2.20. The zero-order chi connectivity index (χ0) is 15.4. The van der Waals surface area contributed by atoms with Crippen LogP contribution in [0.25, 0.3) is 0 Å². The molecule has 0 aliphatic heterocycles. The lowest BCUT2D eigenvalue weighted by Gasteiger charge is -2.10. The van der Waals surface area contributed by atoms with Crippen LogP contribution in [0, 0.1) is 6.92 Å². The Balaban J connectivity index is 2.01. The minimum Gasteiger partial charge on any atom is -0.487 e. The van der Waals surface area contributed by atoms with E-state index < -0.39 is 7.12 Å². The van der Waals surface area contributed by atoms with Gasteiger partial charge in [-0.05, 0) is 43.4 Å². The van der Waals surface area contributed by atoms with Gasteiger partial charge in [-0.15, -0.1) is 0 Å². The van der Waals surface area contributed by atoms with Crippen LogP contribution >= 0.6 is 0 Å². The summed E-state index contributed by atoms with van der Waals surface area (Å²) in [4.78, 5) is 0. The van der Waals surface area contributed by atoms with Gasteiger partial charge in [0.25, 0.3) is 0 Å². The van der Waals surface area contributed by atoms with E-state index in [1.807, 2.05) is 23.9 Å². The highest BCUT2D eigenvalue weighted by Crippen LogP contribution is 2.17. The number of ether oxygens (including phenoxy) is 1. The third kappa shape index (κ3) is 3.86. The summed E-state index contributed by atoms with van der Waals surface area (Å²) in [7, 11) is -1.45. The Hall–Kier alpha value is -1.79. The predicted octanol–water partition coefficient (Wildman–Crippen LogP) is 1.42. The molecule has 2 aromatic rings. The monoisotopic (exact) mass is 288 g/mol. The van der Waals surface area contributed by atoms with Crippen molar-refractivity contribution in [3.05, 3.63) is 41.7 Å². The lowest BCUT2D eigenvalue weighted by atomic mass is 9.79. The zero-order valence-corrected chi connectivity index (χ0v) is 12.7. The van der Waals surface area contributed by atoms with Gasteiger partial charge in [-0.25, -0.2) is 0 Å². The Bertz CT molecular complexity index is 598. The van der Waals surface area contributed by atoms with Gasteiger partial charge in [-0.1, -0.05) is 19.1 Å². The van der Waals surface area contributed by atoms with Crippen molar-refractivity contribution in [3.63, 3.8) is 0 Å². The van der Waals surface area contributed by atoms with Gasteiger partial charge < -0.3 is 14.8 Å². The maximum Gasteiger partial charge on any atom is 0.488 e. The Morgan fingerprint density at radius 2 is 2.10 bits per heavy atom. The maximum atomic E-state index is 9.13. The lowest BCUT2D eigenvalue weighted by molar-refractivity contribution is 0.296. The van der Waals surface area contributed by atoms with Crippen molar-refractivity contribution in [1.29, 1.82) is 0 Å². The average molecular weight is 288 g/mol. The van der Waals surface area contributed by atoms with E-state index in [0.717, 1.165) is 23.4 Å². The van der Waals surface area contributed by atoms with E-state index in [-0.39, 0.29) is 0 Å². The molecule has 0 aliphatic carbocycles. The Kier molecular flexibility index (Phi) is 5.04. The first kappa shape index (κ1) is 15.6. The van der Waals surface area contributed by atoms with Crippen LogP contribution in [-0.4, -0.2) is 26.9 Å². The molecule has 0 fully saturated rings. The van der Waals surface area contributed by atoms with Crippen LogP contribution in [0.3, 0.4) is 0 Å². The molecule has 6 heteroatoms. The fourth-order valence-electron chi connectivity index (χ4n) is 2.03. The molecule has 1 aromatic heterocycles. The van der Waals surface area contributed by atoms with Crippen LogP contribution in [0.1, 0.15) is 37.6 Å². The minimum absolute atomic E-state index is 0.380. The first-order chi connectivity index (χ1) is 10.0. The van der Waals surface area contributed by atoms with Crippen molar-refractivity contribution >= 4 is 12.6 Å². The standard InChI is InChI=1S/C15H21BN2O3/c1-4-12(3)18-8-7-14(17-18)10-21-15-6-5-13(16(19)20)9-11(15)2/h5-9,12,19-20H,4,10H2,1-3H3. The fourth-order valence-corrected chi connectivity index (χ4v) is 2.03. The summed E-state index contributed by atoms with van der Waals surface area (Å²) >= 11 is 0. The highest BCUT2D eigenvalue weighted by Gasteiger charge is 2.12. The summed E-state index contributed by atoms with van der Waals surface area (Å²) in [5, 5.41) is 22.7. The van der Waals surface area contributed by atoms with Crippen LogP contribution in [0.5, 0.6) is 5.75 Å². The highest BCUT2D eigenvalue weighted by atomic mass is 16.5. The molecule has 0 saturated heterocycles. The fraction of sp³-hybridized carbons (Fsp3) is 0.400. The number of hydrogen-bond donors (Lipinski definition) is 2. The SMILES string of the molecule is CCC(C)n1ccc(COc2ccc(B(O)O)cc2C)n1. The molecular weight excluding hydrogens is 267 g/mol. The summed E-state index contributed by atoms with van der Waals surface area (Å²) < 4.78 is 7.69. The van der Waals surface area contributed by atoms with E-state index in [1.165, 1.54) is 0 Å². The van der Waals surface area contributed by atoms with Crippen molar-refractivity contribution in [3.8, 4) is 5.75 Å². The van der Waals surface area contributed by atoms with Crippen molar-refractivity contribution in [2.45, 2.75) is 39.8 Å². The average Bonchev–Trinajstić information content (AvgIpc) is 2.93. The molecule has 0 amide bonds. The van der Waals surface area contributed by atoms with E-state index in [2.05, 4.69) is 18.9 Å². The van der Waals surface area contributed by atoms with Crippen LogP contribution in [0.2, 0.25) is 0 Å². The minimum atomic E-state index is -1.45. The Labute approximate surface area is 125 Å². The molecule has 0 bridgehead atoms. The van der Waals surface area contributed by atoms with Crippen molar-refractivity contribution in [2.75, 3.05) is 0 Å². The number of aryl methyl sites for hydroxylation is 1. The van der Waals surface area contributed by atoms with Crippen molar-refractivity contribution in [2.24, 2.45) is 0 Å². The molecule has 0 radical (unpaired) electrons. The van der Waals surface area contributed by atoms with Gasteiger partial charge in [0.2, 0.25) is 0 Å². The summed E-state index contributed by atoms with van der Waals surface area (Å²) in [6.45, 7) is 6.52. The Morgan fingerprint density at radius 3 is 2.71 bits per heavy atom.